The van der Waals surface area contributed by atoms with Crippen molar-refractivity contribution in [1.29, 1.82) is 0 Å². The number of fused-ring (bicyclic) bond motifs is 6. The first kappa shape index (κ1) is 24.0. The van der Waals surface area contributed by atoms with Crippen molar-refractivity contribution in [3.05, 3.63) is 29.4 Å². The largest absolute Gasteiger partial charge is 0.390 e. The Bertz CT molecular complexity index is 1140. The number of carbonyl (C=O) groups excluding carboxylic acids is 1. The van der Waals surface area contributed by atoms with Crippen molar-refractivity contribution in [2.45, 2.75) is 97.1 Å². The van der Waals surface area contributed by atoms with Crippen LogP contribution in [0, 0.1) is 40.4 Å². The lowest BCUT2D eigenvalue weighted by atomic mass is 9.42. The summed E-state index contributed by atoms with van der Waals surface area (Å²) in [6.07, 6.45) is 13.6. The second-order valence-electron chi connectivity index (χ2n) is 13.1. The Morgan fingerprint density at radius 2 is 1.94 bits per heavy atom. The predicted molar refractivity (Wildman–Crippen MR) is 140 cm³/mol. The van der Waals surface area contributed by atoms with Crippen molar-refractivity contribution in [2.75, 3.05) is 0 Å². The minimum atomic E-state index is -0.479. The van der Waals surface area contributed by atoms with Crippen LogP contribution in [0.3, 0.4) is 0 Å². The monoisotopic (exact) mass is 496 g/mol. The number of ketones is 1. The van der Waals surface area contributed by atoms with E-state index in [4.69, 9.17) is 11.6 Å². The first-order valence-corrected chi connectivity index (χ1v) is 14.4. The number of halogens is 1. The molecule has 1 N–H and O–H groups in total. The fraction of sp³-hybridized carbons (Fsp3) is 0.733. The maximum Gasteiger partial charge on any atom is 0.157 e. The third-order valence-electron chi connectivity index (χ3n) is 11.5. The van der Waals surface area contributed by atoms with Crippen LogP contribution in [0.1, 0.15) is 85.0 Å². The Kier molecular flexibility index (Phi) is 5.69. The van der Waals surface area contributed by atoms with Crippen molar-refractivity contribution in [3.8, 4) is 0 Å². The predicted octanol–water partition coefficient (Wildman–Crippen LogP) is 7.06. The highest BCUT2D eigenvalue weighted by Gasteiger charge is 2.62. The van der Waals surface area contributed by atoms with Gasteiger partial charge in [-0.3, -0.25) is 9.48 Å². The van der Waals surface area contributed by atoms with Crippen molar-refractivity contribution in [1.82, 2.24) is 9.78 Å². The highest BCUT2D eigenvalue weighted by atomic mass is 35.5. The number of Topliss-reactive ketones (excluding diaryl/α,β-unsaturated/α-hetero) is 1. The van der Waals surface area contributed by atoms with Gasteiger partial charge in [0.15, 0.2) is 5.78 Å². The van der Waals surface area contributed by atoms with Gasteiger partial charge < -0.3 is 5.11 Å². The summed E-state index contributed by atoms with van der Waals surface area (Å²) in [5.41, 5.74) is 0.944. The number of carbonyl (C=O) groups is 1. The van der Waals surface area contributed by atoms with E-state index in [0.717, 1.165) is 42.0 Å². The van der Waals surface area contributed by atoms with Gasteiger partial charge in [0, 0.05) is 22.5 Å². The maximum atomic E-state index is 13.7. The number of aromatic nitrogens is 2. The lowest BCUT2D eigenvalue weighted by Gasteiger charge is -2.63. The molecule has 0 bridgehead atoms. The topological polar surface area (TPSA) is 55.1 Å². The molecule has 4 saturated carbocycles. The highest BCUT2D eigenvalue weighted by molar-refractivity contribution is 6.31. The van der Waals surface area contributed by atoms with Crippen LogP contribution >= 0.6 is 11.6 Å². The normalized spacial score (nSPS) is 42.9. The quantitative estimate of drug-likeness (QED) is 0.493. The lowest BCUT2D eigenvalue weighted by Crippen LogP contribution is -2.56. The van der Waals surface area contributed by atoms with Crippen molar-refractivity contribution >= 4 is 28.3 Å². The Morgan fingerprint density at radius 1 is 1.11 bits per heavy atom. The van der Waals surface area contributed by atoms with E-state index < -0.39 is 5.60 Å². The van der Waals surface area contributed by atoms with Crippen LogP contribution in [0.2, 0.25) is 5.02 Å². The van der Waals surface area contributed by atoms with Gasteiger partial charge in [0.2, 0.25) is 0 Å². The van der Waals surface area contributed by atoms with Gasteiger partial charge in [-0.1, -0.05) is 25.4 Å². The second kappa shape index (κ2) is 8.31. The van der Waals surface area contributed by atoms with Crippen molar-refractivity contribution < 1.29 is 9.90 Å². The molecule has 4 aliphatic carbocycles. The number of hydrogen-bond acceptors (Lipinski definition) is 3. The fourth-order valence-electron chi connectivity index (χ4n) is 9.87. The minimum Gasteiger partial charge on any atom is -0.390 e. The molecule has 6 rings (SSSR count). The zero-order valence-corrected chi connectivity index (χ0v) is 22.4. The molecule has 0 spiro atoms. The summed E-state index contributed by atoms with van der Waals surface area (Å²) in [7, 11) is 0. The van der Waals surface area contributed by atoms with E-state index >= 15 is 0 Å². The molecule has 1 aromatic carbocycles. The van der Waals surface area contributed by atoms with Crippen LogP contribution < -0.4 is 0 Å². The molecule has 1 aromatic heterocycles. The van der Waals surface area contributed by atoms with Gasteiger partial charge in [0.1, 0.15) is 0 Å². The summed E-state index contributed by atoms with van der Waals surface area (Å²) in [5.74, 6) is 3.36. The zero-order chi connectivity index (χ0) is 24.6. The van der Waals surface area contributed by atoms with Gasteiger partial charge in [-0.25, -0.2) is 0 Å². The summed E-state index contributed by atoms with van der Waals surface area (Å²) in [6, 6.07) is 5.70. The molecule has 0 amide bonds. The Hall–Kier alpha value is -1.39. The van der Waals surface area contributed by atoms with Crippen LogP contribution in [0.4, 0.5) is 0 Å². The standard InChI is InChI=1S/C30H41ClN2O2/c1-4-30-14-13-28(2,35)16-20(30)5-7-22-23-8-9-25(29(23,3)12-11-24(22)30)27(34)18-33-17-19-15-21(31)6-10-26(19)32-33/h6,10,15,17,20,22-25,35H,4-5,7-9,11-14,16,18H2,1-3H3/t20-,22+,23+,24+,25-,28-,29+,30+/m1/s1. The average Bonchev–Trinajstić information content (AvgIpc) is 3.37. The average molecular weight is 497 g/mol. The van der Waals surface area contributed by atoms with Gasteiger partial charge in [-0.2, -0.15) is 5.10 Å². The molecule has 4 aliphatic rings. The molecule has 4 fully saturated rings. The summed E-state index contributed by atoms with van der Waals surface area (Å²) < 4.78 is 1.83. The van der Waals surface area contributed by atoms with E-state index in [9.17, 15) is 9.90 Å². The van der Waals surface area contributed by atoms with Crippen molar-refractivity contribution in [2.24, 2.45) is 40.4 Å². The third-order valence-corrected chi connectivity index (χ3v) is 11.8. The molecule has 5 heteroatoms. The molecule has 0 aliphatic heterocycles. The van der Waals surface area contributed by atoms with Gasteiger partial charge in [-0.15, -0.1) is 0 Å². The molecule has 4 nitrogen and oxygen atoms in total. The van der Waals surface area contributed by atoms with E-state index in [1.165, 1.54) is 44.9 Å². The van der Waals surface area contributed by atoms with Crippen LogP contribution in [-0.2, 0) is 11.3 Å². The fourth-order valence-corrected chi connectivity index (χ4v) is 10.1. The molecule has 190 valence electrons. The van der Waals surface area contributed by atoms with Gasteiger partial charge in [0.25, 0.3) is 0 Å². The minimum absolute atomic E-state index is 0.121. The van der Waals surface area contributed by atoms with E-state index in [1.54, 1.807) is 0 Å². The van der Waals surface area contributed by atoms with Crippen LogP contribution in [-0.4, -0.2) is 26.3 Å². The smallest absolute Gasteiger partial charge is 0.157 e. The number of rotatable bonds is 4. The highest BCUT2D eigenvalue weighted by Crippen LogP contribution is 2.69. The molecule has 1 heterocycles. The van der Waals surface area contributed by atoms with E-state index in [2.05, 4.69) is 25.9 Å². The number of aliphatic hydroxyl groups is 1. The number of nitrogens with zero attached hydrogens (tertiary/aromatic N) is 2. The summed E-state index contributed by atoms with van der Waals surface area (Å²) >= 11 is 6.15. The zero-order valence-electron chi connectivity index (χ0n) is 21.6. The van der Waals surface area contributed by atoms with Gasteiger partial charge >= 0.3 is 0 Å². The Balaban J connectivity index is 1.22. The lowest BCUT2D eigenvalue weighted by molar-refractivity contribution is -0.158. The molecule has 35 heavy (non-hydrogen) atoms. The molecular weight excluding hydrogens is 456 g/mol. The molecule has 0 unspecified atom stereocenters. The SMILES string of the molecule is CC[C@]12CC[C@@](C)(O)C[C@H]1CC[C@H]1[C@@H]3CC[C@H](C(=O)Cn4cc5cc(Cl)ccc5n4)[C@@]3(C)CC[C@@H]12. The number of benzene rings is 1. The molecule has 0 saturated heterocycles. The van der Waals surface area contributed by atoms with Crippen LogP contribution in [0.15, 0.2) is 24.4 Å². The van der Waals surface area contributed by atoms with E-state index in [1.807, 2.05) is 29.1 Å². The van der Waals surface area contributed by atoms with Crippen LogP contribution in [0.25, 0.3) is 10.9 Å². The molecule has 0 radical (unpaired) electrons. The van der Waals surface area contributed by atoms with Gasteiger partial charge in [0.05, 0.1) is 17.7 Å². The first-order chi connectivity index (χ1) is 16.6. The first-order valence-electron chi connectivity index (χ1n) is 14.0. The molecule has 8 atom stereocenters. The molecular formula is C30H41ClN2O2. The Morgan fingerprint density at radius 3 is 2.74 bits per heavy atom. The summed E-state index contributed by atoms with van der Waals surface area (Å²) in [5, 5.41) is 17.2. The van der Waals surface area contributed by atoms with E-state index in [-0.39, 0.29) is 11.3 Å². The summed E-state index contributed by atoms with van der Waals surface area (Å²) in [4.78, 5) is 13.7. The van der Waals surface area contributed by atoms with Crippen molar-refractivity contribution in [3.63, 3.8) is 0 Å². The third kappa shape index (κ3) is 3.72. The van der Waals surface area contributed by atoms with E-state index in [0.29, 0.717) is 34.6 Å². The maximum absolute atomic E-state index is 13.7. The second-order valence-corrected chi connectivity index (χ2v) is 13.5. The molecule has 2 aromatic rings. The summed E-state index contributed by atoms with van der Waals surface area (Å²) in [6.45, 7) is 7.27. The van der Waals surface area contributed by atoms with Crippen LogP contribution in [0.5, 0.6) is 0 Å². The number of hydrogen-bond donors (Lipinski definition) is 1. The Labute approximate surface area is 214 Å². The van der Waals surface area contributed by atoms with Gasteiger partial charge in [-0.05, 0) is 124 Å².